The molecular weight excluding hydrogens is 431 g/mol. The van der Waals surface area contributed by atoms with Gasteiger partial charge in [-0.1, -0.05) is 30.3 Å². The average molecular weight is 467 g/mol. The molecule has 2 aromatic carbocycles. The van der Waals surface area contributed by atoms with Crippen LogP contribution >= 0.6 is 0 Å². The van der Waals surface area contributed by atoms with Crippen molar-refractivity contribution >= 4 is 11.8 Å². The lowest BCUT2D eigenvalue weighted by atomic mass is 10.1. The van der Waals surface area contributed by atoms with Crippen LogP contribution in [0.3, 0.4) is 0 Å². The molecule has 1 saturated carbocycles. The molecule has 0 spiro atoms. The van der Waals surface area contributed by atoms with E-state index in [1.165, 1.54) is 17.7 Å². The van der Waals surface area contributed by atoms with Crippen molar-refractivity contribution in [3.8, 4) is 0 Å². The standard InChI is InChI=1S/C27H35FN4O2/c1-31-15-17-32(18-16-31)27(34)24(30-26(33)21-7-3-2-4-8-21)9-5-6-14-29-25-19-23(25)20-10-12-22(28)13-11-20/h2-4,7-8,10-13,23-25,29H,5-6,9,14-19H2,1H3,(H,30,33)/t23-,24?,25+/m0/s1. The van der Waals surface area contributed by atoms with Gasteiger partial charge >= 0.3 is 0 Å². The summed E-state index contributed by atoms with van der Waals surface area (Å²) in [6, 6.07) is 15.8. The molecule has 34 heavy (non-hydrogen) atoms. The predicted octanol–water partition coefficient (Wildman–Crippen LogP) is 3.01. The highest BCUT2D eigenvalue weighted by atomic mass is 19.1. The molecule has 4 rings (SSSR count). The molecule has 2 aliphatic rings. The summed E-state index contributed by atoms with van der Waals surface area (Å²) in [7, 11) is 2.06. The number of carbonyl (C=O) groups excluding carboxylic acids is 2. The number of hydrogen-bond donors (Lipinski definition) is 2. The third-order valence-corrected chi connectivity index (χ3v) is 6.87. The maximum Gasteiger partial charge on any atom is 0.251 e. The summed E-state index contributed by atoms with van der Waals surface area (Å²) in [6.45, 7) is 3.96. The zero-order valence-electron chi connectivity index (χ0n) is 19.9. The second kappa shape index (κ2) is 11.6. The molecule has 2 aromatic rings. The van der Waals surface area contributed by atoms with E-state index in [1.54, 1.807) is 12.1 Å². The Hall–Kier alpha value is -2.77. The van der Waals surface area contributed by atoms with Gasteiger partial charge in [0.05, 0.1) is 0 Å². The van der Waals surface area contributed by atoms with Gasteiger partial charge in [-0.15, -0.1) is 0 Å². The fourth-order valence-corrected chi connectivity index (χ4v) is 4.60. The number of nitrogens with zero attached hydrogens (tertiary/aromatic N) is 2. The number of likely N-dealkylation sites (N-methyl/N-ethyl adjacent to an activating group) is 1. The van der Waals surface area contributed by atoms with Crippen LogP contribution in [0, 0.1) is 5.82 Å². The SMILES string of the molecule is CN1CCN(C(=O)C(CCCCN[C@@H]2C[C@H]2c2ccc(F)cc2)NC(=O)c2ccccc2)CC1. The first-order valence-corrected chi connectivity index (χ1v) is 12.3. The molecule has 1 aliphatic carbocycles. The number of unbranched alkanes of at least 4 members (excludes halogenated alkanes) is 1. The molecule has 3 atom stereocenters. The minimum atomic E-state index is -0.510. The molecule has 0 aromatic heterocycles. The number of carbonyl (C=O) groups is 2. The average Bonchev–Trinajstić information content (AvgIpc) is 3.63. The van der Waals surface area contributed by atoms with Gasteiger partial charge in [0, 0.05) is 43.7 Å². The number of amides is 2. The van der Waals surface area contributed by atoms with E-state index in [2.05, 4.69) is 22.6 Å². The lowest BCUT2D eigenvalue weighted by Crippen LogP contribution is -2.54. The van der Waals surface area contributed by atoms with Gasteiger partial charge in [-0.25, -0.2) is 4.39 Å². The predicted molar refractivity (Wildman–Crippen MR) is 131 cm³/mol. The van der Waals surface area contributed by atoms with Crippen molar-refractivity contribution in [2.75, 3.05) is 39.8 Å². The Kier molecular flexibility index (Phi) is 8.29. The van der Waals surface area contributed by atoms with Gasteiger partial charge in [-0.3, -0.25) is 9.59 Å². The molecule has 6 nitrogen and oxygen atoms in total. The van der Waals surface area contributed by atoms with Crippen LogP contribution in [0.1, 0.15) is 47.5 Å². The molecular formula is C27H35FN4O2. The van der Waals surface area contributed by atoms with E-state index in [-0.39, 0.29) is 17.6 Å². The minimum absolute atomic E-state index is 0.0175. The zero-order chi connectivity index (χ0) is 23.9. The summed E-state index contributed by atoms with van der Waals surface area (Å²) < 4.78 is 13.1. The van der Waals surface area contributed by atoms with Crippen molar-refractivity contribution in [1.82, 2.24) is 20.4 Å². The van der Waals surface area contributed by atoms with E-state index in [0.29, 0.717) is 37.0 Å². The quantitative estimate of drug-likeness (QED) is 0.529. The fraction of sp³-hybridized carbons (Fsp3) is 0.481. The number of nitrogens with one attached hydrogen (secondary N) is 2. The number of halogens is 1. The maximum absolute atomic E-state index is 13.2. The van der Waals surface area contributed by atoms with Crippen LogP contribution in [0.25, 0.3) is 0 Å². The molecule has 1 aliphatic heterocycles. The van der Waals surface area contributed by atoms with Gasteiger partial charge in [0.1, 0.15) is 11.9 Å². The minimum Gasteiger partial charge on any atom is -0.340 e. The first-order chi connectivity index (χ1) is 16.5. The number of benzene rings is 2. The number of piperazine rings is 1. The third kappa shape index (κ3) is 6.64. The van der Waals surface area contributed by atoms with Crippen LogP contribution in [0.4, 0.5) is 4.39 Å². The molecule has 1 unspecified atom stereocenters. The second-order valence-electron chi connectivity index (χ2n) is 9.47. The monoisotopic (exact) mass is 466 g/mol. The van der Waals surface area contributed by atoms with Crippen LogP contribution < -0.4 is 10.6 Å². The molecule has 0 bridgehead atoms. The summed E-state index contributed by atoms with van der Waals surface area (Å²) in [5.74, 6) is 0.0708. The van der Waals surface area contributed by atoms with E-state index < -0.39 is 6.04 Å². The van der Waals surface area contributed by atoms with Gasteiger partial charge in [-0.2, -0.15) is 0 Å². The Morgan fingerprint density at radius 1 is 1.00 bits per heavy atom. The van der Waals surface area contributed by atoms with Crippen LogP contribution in [0.5, 0.6) is 0 Å². The van der Waals surface area contributed by atoms with Crippen molar-refractivity contribution in [2.45, 2.75) is 43.7 Å². The Labute approximate surface area is 201 Å². The Balaban J connectivity index is 1.25. The summed E-state index contributed by atoms with van der Waals surface area (Å²) in [5, 5.41) is 6.57. The smallest absolute Gasteiger partial charge is 0.251 e. The van der Waals surface area contributed by atoms with Crippen molar-refractivity contribution in [1.29, 1.82) is 0 Å². The molecule has 1 saturated heterocycles. The topological polar surface area (TPSA) is 64.7 Å². The van der Waals surface area contributed by atoms with Crippen LogP contribution in [0.15, 0.2) is 54.6 Å². The van der Waals surface area contributed by atoms with Crippen LogP contribution in [-0.4, -0.2) is 73.5 Å². The van der Waals surface area contributed by atoms with Crippen molar-refractivity contribution in [2.24, 2.45) is 0 Å². The third-order valence-electron chi connectivity index (χ3n) is 6.87. The molecule has 1 heterocycles. The van der Waals surface area contributed by atoms with E-state index in [9.17, 15) is 14.0 Å². The summed E-state index contributed by atoms with van der Waals surface area (Å²) in [4.78, 5) is 30.1. The molecule has 2 amide bonds. The van der Waals surface area contributed by atoms with E-state index in [4.69, 9.17) is 0 Å². The molecule has 2 fully saturated rings. The summed E-state index contributed by atoms with van der Waals surface area (Å²) in [5.41, 5.74) is 1.75. The highest BCUT2D eigenvalue weighted by molar-refractivity contribution is 5.97. The normalized spacial score (nSPS) is 21.2. The number of rotatable bonds is 10. The van der Waals surface area contributed by atoms with Gasteiger partial charge < -0.3 is 20.4 Å². The maximum atomic E-state index is 13.2. The van der Waals surface area contributed by atoms with Crippen molar-refractivity contribution in [3.05, 3.63) is 71.5 Å². The summed E-state index contributed by atoms with van der Waals surface area (Å²) in [6.07, 6.45) is 3.47. The lowest BCUT2D eigenvalue weighted by molar-refractivity contribution is -0.135. The molecule has 7 heteroatoms. The highest BCUT2D eigenvalue weighted by Crippen LogP contribution is 2.40. The van der Waals surface area contributed by atoms with Gasteiger partial charge in [0.15, 0.2) is 0 Å². The van der Waals surface area contributed by atoms with Crippen LogP contribution in [0.2, 0.25) is 0 Å². The van der Waals surface area contributed by atoms with E-state index in [1.807, 2.05) is 35.2 Å². The van der Waals surface area contributed by atoms with E-state index in [0.717, 1.165) is 38.9 Å². The van der Waals surface area contributed by atoms with E-state index >= 15 is 0 Å². The first kappa shape index (κ1) is 24.4. The van der Waals surface area contributed by atoms with Crippen molar-refractivity contribution in [3.63, 3.8) is 0 Å². The Bertz CT molecular complexity index is 945. The fourth-order valence-electron chi connectivity index (χ4n) is 4.60. The van der Waals surface area contributed by atoms with Gasteiger partial charge in [0.25, 0.3) is 5.91 Å². The first-order valence-electron chi connectivity index (χ1n) is 12.3. The molecule has 0 radical (unpaired) electrons. The molecule has 182 valence electrons. The van der Waals surface area contributed by atoms with Gasteiger partial charge in [0.2, 0.25) is 5.91 Å². The van der Waals surface area contributed by atoms with Crippen LogP contribution in [-0.2, 0) is 4.79 Å². The largest absolute Gasteiger partial charge is 0.340 e. The lowest BCUT2D eigenvalue weighted by Gasteiger charge is -2.34. The van der Waals surface area contributed by atoms with Gasteiger partial charge in [-0.05, 0) is 69.1 Å². The second-order valence-corrected chi connectivity index (χ2v) is 9.47. The summed E-state index contributed by atoms with van der Waals surface area (Å²) >= 11 is 0. The molecule has 2 N–H and O–H groups in total. The Morgan fingerprint density at radius 2 is 1.71 bits per heavy atom. The highest BCUT2D eigenvalue weighted by Gasteiger charge is 2.37. The zero-order valence-corrected chi connectivity index (χ0v) is 19.9. The number of hydrogen-bond acceptors (Lipinski definition) is 4. The Morgan fingerprint density at radius 3 is 2.41 bits per heavy atom. The van der Waals surface area contributed by atoms with Crippen molar-refractivity contribution < 1.29 is 14.0 Å².